The topological polar surface area (TPSA) is 89.1 Å². The minimum absolute atomic E-state index is 0.000712. The van der Waals surface area contributed by atoms with E-state index in [1.165, 1.54) is 14.2 Å². The van der Waals surface area contributed by atoms with Crippen molar-refractivity contribution >= 4 is 23.3 Å². The molecule has 2 aliphatic heterocycles. The van der Waals surface area contributed by atoms with Crippen molar-refractivity contribution in [3.63, 3.8) is 0 Å². The van der Waals surface area contributed by atoms with Crippen LogP contribution in [0, 0.1) is 0 Å². The molecular weight excluding hydrogens is 326 g/mol. The van der Waals surface area contributed by atoms with E-state index in [1.54, 1.807) is 4.90 Å². The third-order valence-electron chi connectivity index (χ3n) is 4.17. The van der Waals surface area contributed by atoms with E-state index in [0.717, 1.165) is 36.6 Å². The quantitative estimate of drug-likeness (QED) is 0.769. The molecule has 0 radical (unpaired) electrons. The normalized spacial score (nSPS) is 17.3. The van der Waals surface area contributed by atoms with E-state index in [4.69, 9.17) is 14.2 Å². The van der Waals surface area contributed by atoms with E-state index in [0.29, 0.717) is 0 Å². The summed E-state index contributed by atoms with van der Waals surface area (Å²) in [7, 11) is 2.55. The lowest BCUT2D eigenvalue weighted by Gasteiger charge is -2.31. The highest BCUT2D eigenvalue weighted by Gasteiger charge is 2.32. The van der Waals surface area contributed by atoms with Crippen LogP contribution in [-0.4, -0.2) is 52.6 Å². The number of nitrogens with one attached hydrogen (secondary N) is 2. The predicted octanol–water partition coefficient (Wildman–Crippen LogP) is 0.596. The molecule has 0 bridgehead atoms. The van der Waals surface area contributed by atoms with Gasteiger partial charge in [-0.15, -0.1) is 0 Å². The van der Waals surface area contributed by atoms with Gasteiger partial charge in [-0.1, -0.05) is 6.07 Å². The number of anilines is 2. The number of rotatable bonds is 3. The Balaban J connectivity index is 2.03. The second-order valence-electron chi connectivity index (χ2n) is 5.66. The maximum absolute atomic E-state index is 12.3. The number of benzene rings is 1. The van der Waals surface area contributed by atoms with Crippen molar-refractivity contribution in [1.82, 2.24) is 5.32 Å². The van der Waals surface area contributed by atoms with E-state index in [1.807, 2.05) is 18.2 Å². The summed E-state index contributed by atoms with van der Waals surface area (Å²) in [5.41, 5.74) is 3.14. The second kappa shape index (κ2) is 7.54. The van der Waals surface area contributed by atoms with E-state index >= 15 is 0 Å². The Bertz CT molecular complexity index is 716. The molecule has 0 aromatic heterocycles. The van der Waals surface area contributed by atoms with Crippen LogP contribution in [0.4, 0.5) is 11.4 Å². The molecular formula is C17H21N3O5. The van der Waals surface area contributed by atoms with Gasteiger partial charge in [-0.05, 0) is 17.7 Å². The van der Waals surface area contributed by atoms with Gasteiger partial charge in [-0.2, -0.15) is 0 Å². The van der Waals surface area contributed by atoms with Crippen LogP contribution < -0.4 is 15.5 Å². The van der Waals surface area contributed by atoms with Crippen LogP contribution >= 0.6 is 0 Å². The molecule has 0 saturated carbocycles. The zero-order chi connectivity index (χ0) is 17.8. The number of hydrogen-bond donors (Lipinski definition) is 2. The monoisotopic (exact) mass is 347 g/mol. The van der Waals surface area contributed by atoms with Crippen LogP contribution in [0.5, 0.6) is 0 Å². The number of carbonyl (C=O) groups is 2. The van der Waals surface area contributed by atoms with Gasteiger partial charge in [0.1, 0.15) is 12.4 Å². The van der Waals surface area contributed by atoms with Gasteiger partial charge < -0.3 is 29.7 Å². The van der Waals surface area contributed by atoms with E-state index in [-0.39, 0.29) is 24.6 Å². The smallest absolute Gasteiger partial charge is 0.355 e. The van der Waals surface area contributed by atoms with Crippen LogP contribution in [0.2, 0.25) is 0 Å². The molecule has 3 rings (SSSR count). The predicted molar refractivity (Wildman–Crippen MR) is 91.0 cm³/mol. The molecule has 0 saturated heterocycles. The Morgan fingerprint density at radius 1 is 1.16 bits per heavy atom. The van der Waals surface area contributed by atoms with Gasteiger partial charge in [0.25, 0.3) is 0 Å². The molecule has 1 aromatic rings. The van der Waals surface area contributed by atoms with Crippen molar-refractivity contribution in [2.45, 2.75) is 6.54 Å². The minimum Gasteiger partial charge on any atom is -0.466 e. The Labute approximate surface area is 145 Å². The largest absolute Gasteiger partial charge is 0.466 e. The van der Waals surface area contributed by atoms with Crippen LogP contribution in [0.1, 0.15) is 5.56 Å². The first kappa shape index (κ1) is 17.2. The van der Waals surface area contributed by atoms with Gasteiger partial charge in [0.2, 0.25) is 0 Å². The fourth-order valence-electron chi connectivity index (χ4n) is 2.91. The lowest BCUT2D eigenvalue weighted by molar-refractivity contribution is -0.140. The molecule has 0 aliphatic carbocycles. The molecule has 0 amide bonds. The Morgan fingerprint density at radius 2 is 1.96 bits per heavy atom. The Morgan fingerprint density at radius 3 is 2.72 bits per heavy atom. The molecule has 0 unspecified atom stereocenters. The molecule has 2 N–H and O–H groups in total. The molecule has 2 heterocycles. The van der Waals surface area contributed by atoms with Gasteiger partial charge in [0, 0.05) is 31.0 Å². The van der Waals surface area contributed by atoms with Crippen molar-refractivity contribution in [2.24, 2.45) is 0 Å². The summed E-state index contributed by atoms with van der Waals surface area (Å²) >= 11 is 0. The van der Waals surface area contributed by atoms with Crippen molar-refractivity contribution in [2.75, 3.05) is 50.9 Å². The number of esters is 2. The molecule has 2 aliphatic rings. The van der Waals surface area contributed by atoms with Crippen LogP contribution in [0.3, 0.4) is 0 Å². The summed E-state index contributed by atoms with van der Waals surface area (Å²) in [5.74, 6) is -1.21. The maximum atomic E-state index is 12.3. The summed E-state index contributed by atoms with van der Waals surface area (Å²) in [6, 6.07) is 5.81. The number of hydrogen-bond acceptors (Lipinski definition) is 8. The number of fused-ring (bicyclic) bond motifs is 1. The van der Waals surface area contributed by atoms with E-state index in [9.17, 15) is 9.59 Å². The zero-order valence-corrected chi connectivity index (χ0v) is 14.3. The molecule has 25 heavy (non-hydrogen) atoms. The molecule has 134 valence electrons. The third-order valence-corrected chi connectivity index (χ3v) is 4.17. The SMILES string of the molecule is COC(=O)C1=C(C(=O)OC)N(c2ccc3c(c2)NCCNC3)COC1. The first-order valence-corrected chi connectivity index (χ1v) is 7.98. The first-order valence-electron chi connectivity index (χ1n) is 7.98. The van der Waals surface area contributed by atoms with Crippen molar-refractivity contribution in [3.05, 3.63) is 35.0 Å². The van der Waals surface area contributed by atoms with Crippen LogP contribution in [0.25, 0.3) is 0 Å². The fourth-order valence-corrected chi connectivity index (χ4v) is 2.91. The van der Waals surface area contributed by atoms with Gasteiger partial charge in [-0.25, -0.2) is 9.59 Å². The van der Waals surface area contributed by atoms with Crippen molar-refractivity contribution in [3.8, 4) is 0 Å². The van der Waals surface area contributed by atoms with Gasteiger partial charge in [-0.3, -0.25) is 0 Å². The number of nitrogens with zero attached hydrogens (tertiary/aromatic N) is 1. The summed E-state index contributed by atoms with van der Waals surface area (Å²) in [4.78, 5) is 26.0. The average Bonchev–Trinajstić information content (AvgIpc) is 2.90. The van der Waals surface area contributed by atoms with Crippen LogP contribution in [-0.2, 0) is 30.3 Å². The van der Waals surface area contributed by atoms with Gasteiger partial charge in [0.15, 0.2) is 0 Å². The highest BCUT2D eigenvalue weighted by atomic mass is 16.5. The molecule has 8 nitrogen and oxygen atoms in total. The standard InChI is InChI=1S/C17H21N3O5/c1-23-16(21)13-9-25-10-20(15(13)17(22)24-2)12-4-3-11-8-18-5-6-19-14(11)7-12/h3-4,7,18-19H,5-6,8-10H2,1-2H3. The van der Waals surface area contributed by atoms with Crippen LogP contribution in [0.15, 0.2) is 29.5 Å². The molecule has 0 atom stereocenters. The highest BCUT2D eigenvalue weighted by Crippen LogP contribution is 2.30. The fraction of sp³-hybridized carbons (Fsp3) is 0.412. The second-order valence-corrected chi connectivity index (χ2v) is 5.66. The molecule has 8 heteroatoms. The highest BCUT2D eigenvalue weighted by molar-refractivity contribution is 6.03. The lowest BCUT2D eigenvalue weighted by atomic mass is 10.1. The zero-order valence-electron chi connectivity index (χ0n) is 14.3. The first-order chi connectivity index (χ1) is 12.2. The van der Waals surface area contributed by atoms with Crippen molar-refractivity contribution < 1.29 is 23.8 Å². The molecule has 0 fully saturated rings. The Kier molecular flexibility index (Phi) is 5.20. The van der Waals surface area contributed by atoms with Gasteiger partial charge >= 0.3 is 11.9 Å². The van der Waals surface area contributed by atoms with E-state index < -0.39 is 11.9 Å². The number of ether oxygens (including phenoxy) is 3. The summed E-state index contributed by atoms with van der Waals surface area (Å²) in [6.45, 7) is 2.59. The van der Waals surface area contributed by atoms with Gasteiger partial charge in [0.05, 0.1) is 26.4 Å². The number of carbonyl (C=O) groups excluding carboxylic acids is 2. The maximum Gasteiger partial charge on any atom is 0.355 e. The third kappa shape index (κ3) is 3.45. The van der Waals surface area contributed by atoms with Crippen molar-refractivity contribution in [1.29, 1.82) is 0 Å². The van der Waals surface area contributed by atoms with E-state index in [2.05, 4.69) is 10.6 Å². The summed E-state index contributed by atoms with van der Waals surface area (Å²) < 4.78 is 15.1. The lowest BCUT2D eigenvalue weighted by Crippen LogP contribution is -2.38. The average molecular weight is 347 g/mol. The molecule has 1 aromatic carbocycles. The minimum atomic E-state index is -0.609. The summed E-state index contributed by atoms with van der Waals surface area (Å²) in [6.07, 6.45) is 0. The molecule has 0 spiro atoms. The number of methoxy groups -OCH3 is 2. The summed E-state index contributed by atoms with van der Waals surface area (Å²) in [5, 5.41) is 6.68. The Hall–Kier alpha value is -2.58.